The van der Waals surface area contributed by atoms with Crippen LogP contribution in [0.2, 0.25) is 0 Å². The SMILES string of the molecule is C=CCN1C(=O)CCC12CCC(NC(=O)C1(C#N)CCCC1)CC2. The quantitative estimate of drug-likeness (QED) is 0.806. The van der Waals surface area contributed by atoms with Crippen molar-refractivity contribution in [2.24, 2.45) is 5.41 Å². The summed E-state index contributed by atoms with van der Waals surface area (Å²) in [5, 5.41) is 12.6. The summed E-state index contributed by atoms with van der Waals surface area (Å²) < 4.78 is 0. The zero-order chi connectivity index (χ0) is 17.2. The molecule has 0 unspecified atom stereocenters. The first-order valence-electron chi connectivity index (χ1n) is 9.19. The van der Waals surface area contributed by atoms with Crippen LogP contribution in [0.4, 0.5) is 0 Å². The Morgan fingerprint density at radius 1 is 1.29 bits per heavy atom. The minimum Gasteiger partial charge on any atom is -0.352 e. The highest BCUT2D eigenvalue weighted by Crippen LogP contribution is 2.43. The second-order valence-electron chi connectivity index (χ2n) is 7.67. The molecule has 1 heterocycles. The molecular weight excluding hydrogens is 302 g/mol. The molecule has 24 heavy (non-hydrogen) atoms. The highest BCUT2D eigenvalue weighted by Gasteiger charge is 2.48. The third-order valence-corrected chi connectivity index (χ3v) is 6.35. The molecule has 0 bridgehead atoms. The van der Waals surface area contributed by atoms with Gasteiger partial charge in [0.2, 0.25) is 11.8 Å². The van der Waals surface area contributed by atoms with Gasteiger partial charge in [0.1, 0.15) is 5.41 Å². The first kappa shape index (κ1) is 17.0. The smallest absolute Gasteiger partial charge is 0.240 e. The Kier molecular flexibility index (Phi) is 4.67. The average Bonchev–Trinajstić information content (AvgIpc) is 3.19. The number of hydrogen-bond donors (Lipinski definition) is 1. The molecule has 0 atom stereocenters. The van der Waals surface area contributed by atoms with E-state index in [9.17, 15) is 14.9 Å². The maximum Gasteiger partial charge on any atom is 0.240 e. The molecule has 1 N–H and O–H groups in total. The van der Waals surface area contributed by atoms with E-state index in [-0.39, 0.29) is 23.4 Å². The Morgan fingerprint density at radius 3 is 2.54 bits per heavy atom. The molecule has 130 valence electrons. The minimum atomic E-state index is -0.798. The summed E-state index contributed by atoms with van der Waals surface area (Å²) in [6.07, 6.45) is 10.3. The summed E-state index contributed by atoms with van der Waals surface area (Å²) in [6, 6.07) is 2.40. The first-order chi connectivity index (χ1) is 11.6. The lowest BCUT2D eigenvalue weighted by Gasteiger charge is -2.44. The van der Waals surface area contributed by atoms with E-state index < -0.39 is 5.41 Å². The fraction of sp³-hybridized carbons (Fsp3) is 0.737. The lowest BCUT2D eigenvalue weighted by atomic mass is 9.77. The fourth-order valence-electron chi connectivity index (χ4n) is 4.81. The standard InChI is InChI=1S/C19H27N3O2/c1-2-13-22-16(23)7-12-19(22)10-5-15(6-11-19)21-17(24)18(14-20)8-3-4-9-18/h2,15H,1,3-13H2,(H,21,24). The lowest BCUT2D eigenvalue weighted by Crippen LogP contribution is -2.52. The number of likely N-dealkylation sites (tertiary alicyclic amines) is 1. The van der Waals surface area contributed by atoms with Gasteiger partial charge in [-0.1, -0.05) is 18.9 Å². The Labute approximate surface area is 144 Å². The molecule has 3 fully saturated rings. The van der Waals surface area contributed by atoms with Gasteiger partial charge in [0.05, 0.1) is 6.07 Å². The van der Waals surface area contributed by atoms with Crippen LogP contribution in [-0.4, -0.2) is 34.8 Å². The van der Waals surface area contributed by atoms with Gasteiger partial charge in [0, 0.05) is 24.5 Å². The highest BCUT2D eigenvalue weighted by molar-refractivity contribution is 5.86. The summed E-state index contributed by atoms with van der Waals surface area (Å²) >= 11 is 0. The first-order valence-corrected chi connectivity index (χ1v) is 9.19. The largest absolute Gasteiger partial charge is 0.352 e. The van der Waals surface area contributed by atoms with Crippen LogP contribution in [0.15, 0.2) is 12.7 Å². The average molecular weight is 329 g/mol. The van der Waals surface area contributed by atoms with Gasteiger partial charge in [-0.25, -0.2) is 0 Å². The summed E-state index contributed by atoms with van der Waals surface area (Å²) in [6.45, 7) is 4.39. The molecule has 5 heteroatoms. The maximum atomic E-state index is 12.6. The normalized spacial score (nSPS) is 31.9. The van der Waals surface area contributed by atoms with E-state index >= 15 is 0 Å². The highest BCUT2D eigenvalue weighted by atomic mass is 16.2. The Morgan fingerprint density at radius 2 is 1.96 bits per heavy atom. The summed E-state index contributed by atoms with van der Waals surface area (Å²) in [5.41, 5.74) is -0.833. The lowest BCUT2D eigenvalue weighted by molar-refractivity contribution is -0.133. The van der Waals surface area contributed by atoms with E-state index in [1.807, 2.05) is 4.90 Å². The number of nitrogens with zero attached hydrogens (tertiary/aromatic N) is 2. The second kappa shape index (κ2) is 6.58. The molecule has 1 spiro atoms. The number of nitrogens with one attached hydrogen (secondary N) is 1. The van der Waals surface area contributed by atoms with Crippen LogP contribution < -0.4 is 5.32 Å². The zero-order valence-corrected chi connectivity index (χ0v) is 14.4. The van der Waals surface area contributed by atoms with Gasteiger partial charge in [0.25, 0.3) is 0 Å². The van der Waals surface area contributed by atoms with Gasteiger partial charge in [0.15, 0.2) is 0 Å². The molecule has 2 amide bonds. The Hall–Kier alpha value is -1.83. The molecule has 3 rings (SSSR count). The maximum absolute atomic E-state index is 12.6. The van der Waals surface area contributed by atoms with Crippen molar-refractivity contribution in [3.05, 3.63) is 12.7 Å². The van der Waals surface area contributed by atoms with Crippen LogP contribution in [0, 0.1) is 16.7 Å². The molecule has 3 aliphatic rings. The Bertz CT molecular complexity index is 564. The van der Waals surface area contributed by atoms with E-state index in [4.69, 9.17) is 0 Å². The van der Waals surface area contributed by atoms with Crippen molar-refractivity contribution in [2.75, 3.05) is 6.54 Å². The molecule has 0 radical (unpaired) electrons. The summed E-state index contributed by atoms with van der Waals surface area (Å²) in [4.78, 5) is 26.7. The van der Waals surface area contributed by atoms with Crippen molar-refractivity contribution in [2.45, 2.75) is 75.8 Å². The number of rotatable bonds is 4. The summed E-state index contributed by atoms with van der Waals surface area (Å²) in [5.74, 6) is 0.153. The number of hydrogen-bond acceptors (Lipinski definition) is 3. The van der Waals surface area contributed by atoms with Crippen molar-refractivity contribution >= 4 is 11.8 Å². The van der Waals surface area contributed by atoms with E-state index in [1.165, 1.54) is 0 Å². The molecule has 0 aromatic rings. The monoisotopic (exact) mass is 329 g/mol. The van der Waals surface area contributed by atoms with Crippen molar-refractivity contribution in [3.8, 4) is 6.07 Å². The number of amides is 2. The minimum absolute atomic E-state index is 0.0349. The van der Waals surface area contributed by atoms with Gasteiger partial charge < -0.3 is 10.2 Å². The molecule has 0 aromatic carbocycles. The van der Waals surface area contributed by atoms with Crippen LogP contribution in [-0.2, 0) is 9.59 Å². The van der Waals surface area contributed by atoms with Gasteiger partial charge in [-0.2, -0.15) is 5.26 Å². The fourth-order valence-corrected chi connectivity index (χ4v) is 4.81. The molecule has 1 aliphatic heterocycles. The van der Waals surface area contributed by atoms with Gasteiger partial charge >= 0.3 is 0 Å². The number of nitriles is 1. The van der Waals surface area contributed by atoms with E-state index in [2.05, 4.69) is 18.0 Å². The third-order valence-electron chi connectivity index (χ3n) is 6.35. The predicted octanol–water partition coefficient (Wildman–Crippen LogP) is 2.68. The van der Waals surface area contributed by atoms with Crippen molar-refractivity contribution in [1.29, 1.82) is 5.26 Å². The van der Waals surface area contributed by atoms with Crippen LogP contribution >= 0.6 is 0 Å². The van der Waals surface area contributed by atoms with Crippen LogP contribution in [0.1, 0.15) is 64.2 Å². The molecular formula is C19H27N3O2. The Balaban J connectivity index is 1.59. The van der Waals surface area contributed by atoms with Crippen LogP contribution in [0.3, 0.4) is 0 Å². The van der Waals surface area contributed by atoms with E-state index in [1.54, 1.807) is 6.08 Å². The van der Waals surface area contributed by atoms with Gasteiger partial charge in [-0.3, -0.25) is 9.59 Å². The topological polar surface area (TPSA) is 73.2 Å². The molecule has 5 nitrogen and oxygen atoms in total. The van der Waals surface area contributed by atoms with E-state index in [0.717, 1.165) is 44.9 Å². The van der Waals surface area contributed by atoms with Crippen LogP contribution in [0.25, 0.3) is 0 Å². The zero-order valence-electron chi connectivity index (χ0n) is 14.4. The van der Waals surface area contributed by atoms with Crippen molar-refractivity contribution < 1.29 is 9.59 Å². The molecule has 1 saturated heterocycles. The molecule has 2 aliphatic carbocycles. The van der Waals surface area contributed by atoms with Crippen LogP contribution in [0.5, 0.6) is 0 Å². The molecule has 0 aromatic heterocycles. The van der Waals surface area contributed by atoms with E-state index in [0.29, 0.717) is 25.8 Å². The second-order valence-corrected chi connectivity index (χ2v) is 7.67. The predicted molar refractivity (Wildman–Crippen MR) is 90.8 cm³/mol. The van der Waals surface area contributed by atoms with Crippen molar-refractivity contribution in [1.82, 2.24) is 10.2 Å². The summed E-state index contributed by atoms with van der Waals surface area (Å²) in [7, 11) is 0. The third kappa shape index (κ3) is 2.83. The molecule has 2 saturated carbocycles. The van der Waals surface area contributed by atoms with Gasteiger partial charge in [-0.15, -0.1) is 6.58 Å². The van der Waals surface area contributed by atoms with Gasteiger partial charge in [-0.05, 0) is 44.9 Å². The number of carbonyl (C=O) groups is 2. The number of carbonyl (C=O) groups excluding carboxylic acids is 2. The van der Waals surface area contributed by atoms with Crippen molar-refractivity contribution in [3.63, 3.8) is 0 Å².